The highest BCUT2D eigenvalue weighted by Gasteiger charge is 2.22. The second-order valence-electron chi connectivity index (χ2n) is 9.73. The van der Waals surface area contributed by atoms with Crippen LogP contribution in [0.25, 0.3) is 12.2 Å². The lowest BCUT2D eigenvalue weighted by Gasteiger charge is -2.26. The Labute approximate surface area is 219 Å². The summed E-state index contributed by atoms with van der Waals surface area (Å²) >= 11 is 0. The van der Waals surface area contributed by atoms with Gasteiger partial charge < -0.3 is 24.4 Å². The van der Waals surface area contributed by atoms with Crippen LogP contribution in [0.15, 0.2) is 36.4 Å². The Balaban J connectivity index is 1.45. The van der Waals surface area contributed by atoms with E-state index in [2.05, 4.69) is 5.32 Å². The first-order valence-corrected chi connectivity index (χ1v) is 13.3. The van der Waals surface area contributed by atoms with Crippen LogP contribution >= 0.6 is 0 Å². The summed E-state index contributed by atoms with van der Waals surface area (Å²) < 4.78 is 16.7. The van der Waals surface area contributed by atoms with Crippen LogP contribution in [0.4, 0.5) is 0 Å². The average Bonchev–Trinajstić information content (AvgIpc) is 2.95. The van der Waals surface area contributed by atoms with Gasteiger partial charge in [0.15, 0.2) is 6.61 Å². The van der Waals surface area contributed by atoms with Crippen molar-refractivity contribution in [2.75, 3.05) is 33.9 Å². The second-order valence-corrected chi connectivity index (χ2v) is 9.73. The maximum Gasteiger partial charge on any atom is 0.260 e. The zero-order valence-electron chi connectivity index (χ0n) is 22.0. The summed E-state index contributed by atoms with van der Waals surface area (Å²) in [6, 6.07) is 11.3. The number of benzene rings is 2. The number of hydrogen-bond donors (Lipinski definition) is 1. The third-order valence-corrected chi connectivity index (χ3v) is 7.14. The van der Waals surface area contributed by atoms with Crippen molar-refractivity contribution >= 4 is 24.0 Å². The van der Waals surface area contributed by atoms with Gasteiger partial charge in [-0.05, 0) is 61.4 Å². The van der Waals surface area contributed by atoms with Crippen LogP contribution in [-0.4, -0.2) is 56.7 Å². The Morgan fingerprint density at radius 3 is 2.27 bits per heavy atom. The van der Waals surface area contributed by atoms with Gasteiger partial charge in [-0.1, -0.05) is 43.5 Å². The van der Waals surface area contributed by atoms with E-state index in [1.165, 1.54) is 12.8 Å². The van der Waals surface area contributed by atoms with Gasteiger partial charge >= 0.3 is 0 Å². The van der Waals surface area contributed by atoms with E-state index in [-0.39, 0.29) is 24.5 Å². The van der Waals surface area contributed by atoms with Crippen LogP contribution in [-0.2, 0) is 4.79 Å². The molecule has 0 atom stereocenters. The minimum atomic E-state index is -0.131. The molecule has 1 N–H and O–H groups in total. The van der Waals surface area contributed by atoms with E-state index in [0.717, 1.165) is 62.7 Å². The zero-order chi connectivity index (χ0) is 26.0. The highest BCUT2D eigenvalue weighted by Crippen LogP contribution is 2.31. The van der Waals surface area contributed by atoms with E-state index >= 15 is 0 Å². The number of piperidine rings is 1. The van der Waals surface area contributed by atoms with Crippen molar-refractivity contribution in [2.45, 2.75) is 57.4 Å². The topological polar surface area (TPSA) is 77.1 Å². The third-order valence-electron chi connectivity index (χ3n) is 7.14. The van der Waals surface area contributed by atoms with Gasteiger partial charge in [0.2, 0.25) is 0 Å². The highest BCUT2D eigenvalue weighted by molar-refractivity contribution is 6.01. The average molecular weight is 507 g/mol. The summed E-state index contributed by atoms with van der Waals surface area (Å²) in [7, 11) is 3.16. The molecule has 1 heterocycles. The van der Waals surface area contributed by atoms with Crippen molar-refractivity contribution in [3.63, 3.8) is 0 Å². The molecule has 2 fully saturated rings. The molecule has 198 valence electrons. The smallest absolute Gasteiger partial charge is 0.260 e. The zero-order valence-corrected chi connectivity index (χ0v) is 22.0. The molecule has 2 aliphatic rings. The maximum atomic E-state index is 13.3. The molecule has 7 nitrogen and oxygen atoms in total. The number of rotatable bonds is 9. The van der Waals surface area contributed by atoms with Crippen LogP contribution < -0.4 is 19.5 Å². The van der Waals surface area contributed by atoms with E-state index in [1.54, 1.807) is 20.3 Å². The minimum Gasteiger partial charge on any atom is -0.497 e. The van der Waals surface area contributed by atoms with Gasteiger partial charge in [-0.2, -0.15) is 0 Å². The van der Waals surface area contributed by atoms with Gasteiger partial charge in [-0.25, -0.2) is 0 Å². The Morgan fingerprint density at radius 1 is 0.892 bits per heavy atom. The normalized spacial score (nSPS) is 16.4. The summed E-state index contributed by atoms with van der Waals surface area (Å²) in [5.74, 6) is 1.66. The van der Waals surface area contributed by atoms with E-state index in [9.17, 15) is 9.59 Å². The quantitative estimate of drug-likeness (QED) is 0.466. The number of methoxy groups -OCH3 is 2. The molecule has 1 aliphatic heterocycles. The minimum absolute atomic E-state index is 0.0367. The fourth-order valence-electron chi connectivity index (χ4n) is 5.01. The number of amides is 2. The van der Waals surface area contributed by atoms with Crippen LogP contribution in [0.5, 0.6) is 17.2 Å². The Hall–Kier alpha value is -3.48. The van der Waals surface area contributed by atoms with Crippen molar-refractivity contribution in [2.24, 2.45) is 0 Å². The maximum absolute atomic E-state index is 13.3. The number of ether oxygens (including phenoxy) is 3. The highest BCUT2D eigenvalue weighted by atomic mass is 16.5. The van der Waals surface area contributed by atoms with E-state index in [0.29, 0.717) is 22.8 Å². The number of nitrogens with one attached hydrogen (secondary N) is 1. The Bertz CT molecular complexity index is 1080. The summed E-state index contributed by atoms with van der Waals surface area (Å²) in [5, 5.41) is 3.20. The lowest BCUT2D eigenvalue weighted by atomic mass is 9.94. The molecule has 1 saturated carbocycles. The molecule has 0 unspecified atom stereocenters. The van der Waals surface area contributed by atoms with Gasteiger partial charge in [-0.3, -0.25) is 9.59 Å². The summed E-state index contributed by atoms with van der Waals surface area (Å²) in [5.41, 5.74) is 2.16. The van der Waals surface area contributed by atoms with Crippen molar-refractivity contribution in [3.05, 3.63) is 53.1 Å². The Kier molecular flexibility index (Phi) is 9.46. The van der Waals surface area contributed by atoms with E-state index in [1.807, 2.05) is 47.4 Å². The van der Waals surface area contributed by atoms with Gasteiger partial charge in [0.25, 0.3) is 11.8 Å². The van der Waals surface area contributed by atoms with Crippen LogP contribution in [0, 0.1) is 0 Å². The van der Waals surface area contributed by atoms with Crippen LogP contribution in [0.2, 0.25) is 0 Å². The SMILES string of the molecule is COc1cc(/C=C/c2ccc(OCC(=O)N3CCCCC3)cc2)c(C(=O)NC2CCCCC2)c(OC)c1. The largest absolute Gasteiger partial charge is 0.497 e. The first-order chi connectivity index (χ1) is 18.1. The van der Waals surface area contributed by atoms with Gasteiger partial charge in [0.05, 0.1) is 19.8 Å². The van der Waals surface area contributed by atoms with E-state index in [4.69, 9.17) is 14.2 Å². The number of carbonyl (C=O) groups excluding carboxylic acids is 2. The molecule has 0 aromatic heterocycles. The van der Waals surface area contributed by atoms with Crippen LogP contribution in [0.3, 0.4) is 0 Å². The van der Waals surface area contributed by atoms with Gasteiger partial charge in [0, 0.05) is 25.2 Å². The fourth-order valence-corrected chi connectivity index (χ4v) is 5.01. The molecule has 2 aromatic carbocycles. The molecule has 1 saturated heterocycles. The lowest BCUT2D eigenvalue weighted by molar-refractivity contribution is -0.134. The number of hydrogen-bond acceptors (Lipinski definition) is 5. The molecule has 0 bridgehead atoms. The molecule has 2 amide bonds. The van der Waals surface area contributed by atoms with E-state index < -0.39 is 0 Å². The van der Waals surface area contributed by atoms with Crippen molar-refractivity contribution in [3.8, 4) is 17.2 Å². The first kappa shape index (κ1) is 26.6. The summed E-state index contributed by atoms with van der Waals surface area (Å²) in [6.07, 6.45) is 12.7. The van der Waals surface area contributed by atoms with Crippen molar-refractivity contribution < 1.29 is 23.8 Å². The molecule has 37 heavy (non-hydrogen) atoms. The van der Waals surface area contributed by atoms with Gasteiger partial charge in [-0.15, -0.1) is 0 Å². The monoisotopic (exact) mass is 506 g/mol. The number of nitrogens with zero attached hydrogens (tertiary/aromatic N) is 1. The molecular weight excluding hydrogens is 468 g/mol. The molecule has 2 aromatic rings. The predicted octanol–water partition coefficient (Wildman–Crippen LogP) is 5.33. The number of carbonyl (C=O) groups is 2. The summed E-state index contributed by atoms with van der Waals surface area (Å²) in [4.78, 5) is 27.5. The molecule has 4 rings (SSSR count). The molecule has 1 aliphatic carbocycles. The molecule has 7 heteroatoms. The number of likely N-dealkylation sites (tertiary alicyclic amines) is 1. The Morgan fingerprint density at radius 2 is 1.59 bits per heavy atom. The molecular formula is C30H38N2O5. The molecule has 0 spiro atoms. The van der Waals surface area contributed by atoms with Gasteiger partial charge in [0.1, 0.15) is 17.2 Å². The second kappa shape index (κ2) is 13.2. The predicted molar refractivity (Wildman–Crippen MR) is 145 cm³/mol. The molecule has 0 radical (unpaired) electrons. The van der Waals surface area contributed by atoms with Crippen molar-refractivity contribution in [1.82, 2.24) is 10.2 Å². The summed E-state index contributed by atoms with van der Waals surface area (Å²) in [6.45, 7) is 1.70. The first-order valence-electron chi connectivity index (χ1n) is 13.3. The standard InChI is InChI=1S/C30H38N2O5/c1-35-26-19-23(29(27(20-26)36-2)30(34)31-24-9-5-3-6-10-24)14-11-22-12-15-25(16-13-22)37-21-28(33)32-17-7-4-8-18-32/h11-16,19-20,24H,3-10,17-18,21H2,1-2H3,(H,31,34)/b14-11+. The lowest BCUT2D eigenvalue weighted by Crippen LogP contribution is -2.38. The van der Waals surface area contributed by atoms with Crippen LogP contribution in [0.1, 0.15) is 72.9 Å². The van der Waals surface area contributed by atoms with Crippen molar-refractivity contribution in [1.29, 1.82) is 0 Å². The fraction of sp³-hybridized carbons (Fsp3) is 0.467. The third kappa shape index (κ3) is 7.28.